The summed E-state index contributed by atoms with van der Waals surface area (Å²) in [6.45, 7) is 3.99. The lowest BCUT2D eigenvalue weighted by Gasteiger charge is -2.13. The topological polar surface area (TPSA) is 80.6 Å². The van der Waals surface area contributed by atoms with E-state index in [1.807, 2.05) is 26.0 Å². The molecule has 2 aliphatic heterocycles. The lowest BCUT2D eigenvalue weighted by Crippen LogP contribution is -2.28. The third-order valence-corrected chi connectivity index (χ3v) is 3.36. The average Bonchev–Trinajstić information content (AvgIpc) is 2.34. The maximum Gasteiger partial charge on any atom is 0.349 e. The molecule has 6 nitrogen and oxygen atoms in total. The van der Waals surface area contributed by atoms with Gasteiger partial charge in [0.15, 0.2) is 11.5 Å². The molecular formula is C13H12N4O2. The molecular weight excluding hydrogens is 247 g/mol. The first kappa shape index (κ1) is 11.6. The molecule has 0 unspecified atom stereocenters. The van der Waals surface area contributed by atoms with Crippen molar-refractivity contribution < 1.29 is 0 Å². The first-order chi connectivity index (χ1) is 8.97. The summed E-state index contributed by atoms with van der Waals surface area (Å²) in [4.78, 5) is 33.4. The van der Waals surface area contributed by atoms with Crippen molar-refractivity contribution in [2.75, 3.05) is 0 Å². The van der Waals surface area contributed by atoms with E-state index in [9.17, 15) is 9.59 Å². The summed E-state index contributed by atoms with van der Waals surface area (Å²) >= 11 is 0. The Morgan fingerprint density at radius 1 is 1.11 bits per heavy atom. The highest BCUT2D eigenvalue weighted by Crippen LogP contribution is 2.22. The lowest BCUT2D eigenvalue weighted by molar-refractivity contribution is 0.870. The van der Waals surface area contributed by atoms with Crippen molar-refractivity contribution >= 4 is 11.0 Å². The van der Waals surface area contributed by atoms with Gasteiger partial charge in [-0.05, 0) is 37.1 Å². The van der Waals surface area contributed by atoms with Crippen LogP contribution in [0.4, 0.5) is 0 Å². The van der Waals surface area contributed by atoms with E-state index in [0.717, 1.165) is 16.6 Å². The maximum absolute atomic E-state index is 11.8. The Labute approximate surface area is 108 Å². The number of nitrogens with one attached hydrogen (secondary N) is 1. The van der Waals surface area contributed by atoms with Crippen LogP contribution in [0.15, 0.2) is 21.7 Å². The van der Waals surface area contributed by atoms with Crippen molar-refractivity contribution in [1.29, 1.82) is 0 Å². The Balaban J connectivity index is 2.60. The van der Waals surface area contributed by atoms with Crippen LogP contribution in [0, 0.1) is 13.8 Å². The molecule has 2 aliphatic rings. The Morgan fingerprint density at radius 3 is 2.53 bits per heavy atom. The number of aromatic nitrogens is 4. The van der Waals surface area contributed by atoms with E-state index in [4.69, 9.17) is 0 Å². The van der Waals surface area contributed by atoms with Gasteiger partial charge in [-0.1, -0.05) is 0 Å². The first-order valence-corrected chi connectivity index (χ1v) is 5.85. The van der Waals surface area contributed by atoms with Crippen LogP contribution >= 0.6 is 0 Å². The molecule has 0 bridgehead atoms. The summed E-state index contributed by atoms with van der Waals surface area (Å²) in [5.74, 6) is 0.296. The highest BCUT2D eigenvalue weighted by Gasteiger charge is 2.16. The Kier molecular flexibility index (Phi) is 2.28. The molecule has 3 rings (SSSR count). The molecule has 0 aromatic heterocycles. The molecule has 19 heavy (non-hydrogen) atoms. The Hall–Kier alpha value is -2.50. The Morgan fingerprint density at radius 2 is 1.79 bits per heavy atom. The fourth-order valence-electron chi connectivity index (χ4n) is 2.15. The molecule has 0 atom stereocenters. The van der Waals surface area contributed by atoms with Gasteiger partial charge in [-0.25, -0.2) is 9.78 Å². The minimum Gasteiger partial charge on any atom is -0.325 e. The number of benzene rings is 1. The van der Waals surface area contributed by atoms with Gasteiger partial charge in [0.05, 0.1) is 11.0 Å². The van der Waals surface area contributed by atoms with Crippen LogP contribution in [0.2, 0.25) is 0 Å². The van der Waals surface area contributed by atoms with E-state index < -0.39 is 11.2 Å². The van der Waals surface area contributed by atoms with E-state index >= 15 is 0 Å². The second kappa shape index (κ2) is 3.74. The SMILES string of the molecule is Cc1cc2nc3c(=O)[15nH][13c](=O)[15n]c-3n(C)c2cc1C. The fraction of sp³-hybridized carbons (Fsp3) is 0.231. The second-order valence-electron chi connectivity index (χ2n) is 4.64. The number of nitrogens with zero attached hydrogens (tertiary/aromatic N) is 3. The minimum absolute atomic E-state index is 0.179. The average molecular weight is 259 g/mol. The number of fused-ring (bicyclic) bond motifs is 2. The normalized spacial score (nSPS) is 11.3. The van der Waals surface area contributed by atoms with Gasteiger partial charge in [-0.3, -0.25) is 9.78 Å². The fourth-order valence-corrected chi connectivity index (χ4v) is 2.15. The van der Waals surface area contributed by atoms with Gasteiger partial charge in [-0.15, -0.1) is 0 Å². The summed E-state index contributed by atoms with van der Waals surface area (Å²) in [5, 5.41) is 0. The van der Waals surface area contributed by atoms with Gasteiger partial charge in [0.25, 0.3) is 5.56 Å². The van der Waals surface area contributed by atoms with Crippen molar-refractivity contribution in [2.24, 2.45) is 7.05 Å². The van der Waals surface area contributed by atoms with Crippen molar-refractivity contribution in [2.45, 2.75) is 13.8 Å². The van der Waals surface area contributed by atoms with Crippen molar-refractivity contribution in [3.05, 3.63) is 44.1 Å². The molecule has 6 heteroatoms. The van der Waals surface area contributed by atoms with Gasteiger partial charge in [0.2, 0.25) is 0 Å². The van der Waals surface area contributed by atoms with Gasteiger partial charge < -0.3 is 4.57 Å². The van der Waals surface area contributed by atoms with Crippen LogP contribution in [0.25, 0.3) is 22.6 Å². The first-order valence-electron chi connectivity index (χ1n) is 5.85. The standard InChI is InChI=1S/C13H12N4O2/c1-6-4-8-9(5-7(6)2)17(3)11-10(14-8)12(18)16-13(19)15-11/h4-5H,1-3H3,(H,16,18,19)/i13+1,15+1,16+1. The lowest BCUT2D eigenvalue weighted by atomic mass is 10.1. The van der Waals surface area contributed by atoms with Crippen molar-refractivity contribution in [1.82, 2.24) is 19.5 Å². The number of aryl methyl sites for hydroxylation is 3. The quantitative estimate of drug-likeness (QED) is 0.604. The highest BCUT2D eigenvalue weighted by atomic mass is 16.3. The number of rotatable bonds is 0. The smallest absolute Gasteiger partial charge is 0.325 e. The zero-order chi connectivity index (χ0) is 13.7. The number of hydrogen-bond donors (Lipinski definition) is 1. The van der Waals surface area contributed by atoms with Crippen LogP contribution in [0.5, 0.6) is 0 Å². The van der Waals surface area contributed by atoms with Crippen LogP contribution in [0.3, 0.4) is 0 Å². The molecule has 0 saturated heterocycles. The Bertz CT molecular complexity index is 892. The molecule has 1 aromatic carbocycles. The van der Waals surface area contributed by atoms with Gasteiger partial charge in [0.1, 0.15) is 0 Å². The zero-order valence-corrected chi connectivity index (χ0v) is 10.8. The summed E-state index contributed by atoms with van der Waals surface area (Å²) in [6.07, 6.45) is 0. The highest BCUT2D eigenvalue weighted by molar-refractivity contribution is 5.80. The van der Waals surface area contributed by atoms with Crippen LogP contribution < -0.4 is 11.2 Å². The van der Waals surface area contributed by atoms with Gasteiger partial charge in [0, 0.05) is 7.05 Å². The molecule has 1 aromatic rings. The van der Waals surface area contributed by atoms with E-state index in [0.29, 0.717) is 11.3 Å². The maximum atomic E-state index is 11.8. The monoisotopic (exact) mass is 259 g/mol. The number of H-pyrrole nitrogens is 1. The number of hydrogen-bond acceptors (Lipinski definition) is 4. The summed E-state index contributed by atoms with van der Waals surface area (Å²) in [6, 6.07) is 3.90. The third-order valence-electron chi connectivity index (χ3n) is 3.36. The van der Waals surface area contributed by atoms with Crippen LogP contribution in [-0.2, 0) is 7.05 Å². The van der Waals surface area contributed by atoms with Crippen LogP contribution in [-0.4, -0.2) is 19.5 Å². The molecule has 0 fully saturated rings. The summed E-state index contributed by atoms with van der Waals surface area (Å²) in [7, 11) is 1.77. The molecule has 0 radical (unpaired) electrons. The van der Waals surface area contributed by atoms with Gasteiger partial charge in [-0.2, -0.15) is 4.98 Å². The van der Waals surface area contributed by atoms with E-state index in [1.54, 1.807) is 11.6 Å². The minimum atomic E-state index is -0.655. The van der Waals surface area contributed by atoms with E-state index in [-0.39, 0.29) is 5.69 Å². The van der Waals surface area contributed by atoms with E-state index in [2.05, 4.69) is 15.0 Å². The second-order valence-corrected chi connectivity index (χ2v) is 4.64. The van der Waals surface area contributed by atoms with Crippen LogP contribution in [0.1, 0.15) is 11.1 Å². The van der Waals surface area contributed by atoms with E-state index in [1.165, 1.54) is 0 Å². The molecule has 0 aliphatic carbocycles. The third kappa shape index (κ3) is 1.64. The molecule has 0 amide bonds. The largest absolute Gasteiger partial charge is 0.349 e. The molecule has 0 saturated carbocycles. The zero-order valence-electron chi connectivity index (χ0n) is 10.8. The predicted octanol–water partition coefficient (Wildman–Crippen LogP) is 0.738. The molecule has 2 heterocycles. The van der Waals surface area contributed by atoms with Crippen molar-refractivity contribution in [3.8, 4) is 11.5 Å². The molecule has 0 spiro atoms. The van der Waals surface area contributed by atoms with Crippen molar-refractivity contribution in [3.63, 3.8) is 0 Å². The summed E-state index contributed by atoms with van der Waals surface area (Å²) < 4.78 is 1.72. The molecule has 1 N–H and O–H groups in total. The molecule has 96 valence electrons. The predicted molar refractivity (Wildman–Crippen MR) is 71.5 cm³/mol. The van der Waals surface area contributed by atoms with Gasteiger partial charge >= 0.3 is 5.69 Å². The number of aromatic amines is 1. The summed E-state index contributed by atoms with van der Waals surface area (Å²) in [5.41, 5.74) is 2.79.